The molecule has 29 heavy (non-hydrogen) atoms. The lowest BCUT2D eigenvalue weighted by Crippen LogP contribution is -2.44. The second-order valence-electron chi connectivity index (χ2n) is 8.30. The molecule has 3 N–H and O–H groups in total. The van der Waals surface area contributed by atoms with Gasteiger partial charge in [0.1, 0.15) is 5.82 Å². The summed E-state index contributed by atoms with van der Waals surface area (Å²) in [5, 5.41) is 16.5. The Hall–Kier alpha value is -1.09. The quantitative estimate of drug-likeness (QED) is 0.313. The van der Waals surface area contributed by atoms with E-state index < -0.39 is 0 Å². The van der Waals surface area contributed by atoms with Crippen LogP contribution in [0.3, 0.4) is 0 Å². The summed E-state index contributed by atoms with van der Waals surface area (Å²) in [6.07, 6.45) is 6.02. The third-order valence-corrected chi connectivity index (χ3v) is 5.94. The lowest BCUT2D eigenvalue weighted by Gasteiger charge is -2.31. The number of halogens is 2. The van der Waals surface area contributed by atoms with E-state index in [4.69, 9.17) is 0 Å². The summed E-state index contributed by atoms with van der Waals surface area (Å²) in [4.78, 5) is 6.69. The van der Waals surface area contributed by atoms with Crippen LogP contribution in [0.1, 0.15) is 57.9 Å². The molecule has 0 unspecified atom stereocenters. The second-order valence-corrected chi connectivity index (χ2v) is 8.30. The number of aliphatic hydroxyl groups excluding tert-OH is 1. The van der Waals surface area contributed by atoms with Crippen LogP contribution in [-0.2, 0) is 6.54 Å². The first-order chi connectivity index (χ1) is 13.5. The van der Waals surface area contributed by atoms with Crippen LogP contribution in [0.4, 0.5) is 10.1 Å². The highest BCUT2D eigenvalue weighted by Gasteiger charge is 2.20. The van der Waals surface area contributed by atoms with Crippen LogP contribution >= 0.6 is 24.0 Å². The monoisotopic (exact) mass is 518 g/mol. The summed E-state index contributed by atoms with van der Waals surface area (Å²) in [7, 11) is 0. The first-order valence-electron chi connectivity index (χ1n) is 10.8. The van der Waals surface area contributed by atoms with E-state index in [-0.39, 0.29) is 35.9 Å². The van der Waals surface area contributed by atoms with Crippen LogP contribution in [0.25, 0.3) is 0 Å². The molecule has 1 aromatic carbocycles. The minimum absolute atomic E-state index is 0. The predicted molar refractivity (Wildman–Crippen MR) is 129 cm³/mol. The Bertz CT molecular complexity index is 656. The number of piperidine rings is 1. The number of aliphatic hydroxyl groups is 1. The van der Waals surface area contributed by atoms with Gasteiger partial charge in [-0.05, 0) is 69.1 Å². The van der Waals surface area contributed by atoms with Crippen molar-refractivity contribution in [3.63, 3.8) is 0 Å². The number of guanidine groups is 1. The van der Waals surface area contributed by atoms with Crippen molar-refractivity contribution >= 4 is 35.6 Å². The number of rotatable bonds is 5. The van der Waals surface area contributed by atoms with Crippen LogP contribution < -0.4 is 15.5 Å². The lowest BCUT2D eigenvalue weighted by atomic mass is 9.87. The van der Waals surface area contributed by atoms with Crippen LogP contribution in [0.15, 0.2) is 23.2 Å². The van der Waals surface area contributed by atoms with Crippen molar-refractivity contribution in [1.29, 1.82) is 0 Å². The summed E-state index contributed by atoms with van der Waals surface area (Å²) in [5.41, 5.74) is 1.49. The molecule has 0 aromatic heterocycles. The fourth-order valence-electron chi connectivity index (χ4n) is 4.10. The molecule has 2 fully saturated rings. The zero-order valence-corrected chi connectivity index (χ0v) is 20.0. The van der Waals surface area contributed by atoms with E-state index >= 15 is 0 Å². The van der Waals surface area contributed by atoms with E-state index in [2.05, 4.69) is 29.5 Å². The molecule has 1 heterocycles. The van der Waals surface area contributed by atoms with Crippen molar-refractivity contribution in [2.45, 2.75) is 71.1 Å². The number of anilines is 1. The second kappa shape index (κ2) is 11.9. The van der Waals surface area contributed by atoms with Gasteiger partial charge in [-0.15, -0.1) is 24.0 Å². The highest BCUT2D eigenvalue weighted by molar-refractivity contribution is 14.0. The van der Waals surface area contributed by atoms with Gasteiger partial charge in [0.2, 0.25) is 0 Å². The maximum Gasteiger partial charge on any atom is 0.191 e. The van der Waals surface area contributed by atoms with Crippen molar-refractivity contribution in [3.05, 3.63) is 29.6 Å². The highest BCUT2D eigenvalue weighted by Crippen LogP contribution is 2.25. The SMILES string of the molecule is CCNC(=NCc1ccc(N2CCC(O)CC2)c(F)c1)NC1CCC(C)CC1.I. The molecule has 0 amide bonds. The van der Waals surface area contributed by atoms with E-state index in [1.165, 1.54) is 25.7 Å². The minimum atomic E-state index is -0.253. The van der Waals surface area contributed by atoms with Gasteiger partial charge in [0.15, 0.2) is 5.96 Å². The Morgan fingerprint density at radius 2 is 1.86 bits per heavy atom. The molecule has 0 spiro atoms. The Morgan fingerprint density at radius 3 is 2.48 bits per heavy atom. The zero-order valence-electron chi connectivity index (χ0n) is 17.7. The molecular formula is C22H36FIN4O. The topological polar surface area (TPSA) is 59.9 Å². The minimum Gasteiger partial charge on any atom is -0.393 e. The van der Waals surface area contributed by atoms with Gasteiger partial charge >= 0.3 is 0 Å². The number of hydrogen-bond acceptors (Lipinski definition) is 3. The molecule has 3 rings (SSSR count). The fraction of sp³-hybridized carbons (Fsp3) is 0.682. The number of benzene rings is 1. The normalized spacial score (nSPS) is 23.4. The zero-order chi connectivity index (χ0) is 19.9. The molecule has 1 aliphatic carbocycles. The summed E-state index contributed by atoms with van der Waals surface area (Å²) in [6, 6.07) is 5.87. The van der Waals surface area contributed by atoms with E-state index in [0.29, 0.717) is 44.2 Å². The molecule has 1 aromatic rings. The van der Waals surface area contributed by atoms with Crippen LogP contribution in [0, 0.1) is 11.7 Å². The Kier molecular flexibility index (Phi) is 9.95. The molecule has 7 heteroatoms. The van der Waals surface area contributed by atoms with Crippen molar-refractivity contribution in [2.24, 2.45) is 10.9 Å². The van der Waals surface area contributed by atoms with Gasteiger partial charge in [0.25, 0.3) is 0 Å². The highest BCUT2D eigenvalue weighted by atomic mass is 127. The van der Waals surface area contributed by atoms with Crippen LogP contribution in [0.5, 0.6) is 0 Å². The van der Waals surface area contributed by atoms with Gasteiger partial charge in [0.05, 0.1) is 18.3 Å². The Morgan fingerprint density at radius 1 is 1.17 bits per heavy atom. The predicted octanol–water partition coefficient (Wildman–Crippen LogP) is 4.04. The fourth-order valence-corrected chi connectivity index (χ4v) is 4.10. The molecule has 1 saturated heterocycles. The summed E-state index contributed by atoms with van der Waals surface area (Å²) < 4.78 is 14.6. The number of aliphatic imine (C=N–C) groups is 1. The number of nitrogens with zero attached hydrogens (tertiary/aromatic N) is 2. The molecular weight excluding hydrogens is 482 g/mol. The molecule has 5 nitrogen and oxygen atoms in total. The average molecular weight is 518 g/mol. The van der Waals surface area contributed by atoms with Crippen molar-refractivity contribution in [3.8, 4) is 0 Å². The van der Waals surface area contributed by atoms with Crippen LogP contribution in [-0.4, -0.2) is 42.8 Å². The number of nitrogens with one attached hydrogen (secondary N) is 2. The van der Waals surface area contributed by atoms with Gasteiger partial charge in [-0.3, -0.25) is 0 Å². The van der Waals surface area contributed by atoms with Crippen molar-refractivity contribution in [1.82, 2.24) is 10.6 Å². The first-order valence-corrected chi connectivity index (χ1v) is 10.8. The van der Waals surface area contributed by atoms with Crippen LogP contribution in [0.2, 0.25) is 0 Å². The van der Waals surface area contributed by atoms with Gasteiger partial charge in [-0.2, -0.15) is 0 Å². The molecule has 0 atom stereocenters. The Balaban J connectivity index is 0.00000300. The molecule has 1 saturated carbocycles. The third kappa shape index (κ3) is 7.27. The molecule has 0 radical (unpaired) electrons. The third-order valence-electron chi connectivity index (χ3n) is 5.94. The van der Waals surface area contributed by atoms with Gasteiger partial charge in [0, 0.05) is 25.7 Å². The average Bonchev–Trinajstić information content (AvgIpc) is 2.69. The molecule has 1 aliphatic heterocycles. The number of hydrogen-bond donors (Lipinski definition) is 3. The van der Waals surface area contributed by atoms with Crippen molar-refractivity contribution < 1.29 is 9.50 Å². The maximum atomic E-state index is 14.6. The van der Waals surface area contributed by atoms with E-state index in [1.54, 1.807) is 6.07 Å². The lowest BCUT2D eigenvalue weighted by molar-refractivity contribution is 0.145. The van der Waals surface area contributed by atoms with E-state index in [1.807, 2.05) is 17.0 Å². The molecule has 164 valence electrons. The van der Waals surface area contributed by atoms with Gasteiger partial charge < -0.3 is 20.6 Å². The smallest absolute Gasteiger partial charge is 0.191 e. The van der Waals surface area contributed by atoms with Gasteiger partial charge in [-0.1, -0.05) is 13.0 Å². The summed E-state index contributed by atoms with van der Waals surface area (Å²) in [5.74, 6) is 1.43. The molecule has 0 bridgehead atoms. The summed E-state index contributed by atoms with van der Waals surface area (Å²) >= 11 is 0. The maximum absolute atomic E-state index is 14.6. The van der Waals surface area contributed by atoms with Gasteiger partial charge in [-0.25, -0.2) is 9.38 Å². The summed E-state index contributed by atoms with van der Waals surface area (Å²) in [6.45, 7) is 7.04. The first kappa shape index (κ1) is 24.2. The Labute approximate surface area is 191 Å². The van der Waals surface area contributed by atoms with E-state index in [9.17, 15) is 9.50 Å². The standard InChI is InChI=1S/C22H35FN4O.HI/c1-3-24-22(26-18-7-4-16(2)5-8-18)25-15-17-6-9-21(20(23)14-17)27-12-10-19(28)11-13-27;/h6,9,14,16,18-19,28H,3-5,7-8,10-13,15H2,1-2H3,(H2,24,25,26);1H. The largest absolute Gasteiger partial charge is 0.393 e. The molecule has 2 aliphatic rings. The van der Waals surface area contributed by atoms with E-state index in [0.717, 1.165) is 24.0 Å². The van der Waals surface area contributed by atoms with Crippen molar-refractivity contribution in [2.75, 3.05) is 24.5 Å².